The molecule has 0 aromatic carbocycles. The van der Waals surface area contributed by atoms with E-state index in [-0.39, 0.29) is 12.4 Å². The second-order valence-corrected chi connectivity index (χ2v) is 6.54. The van der Waals surface area contributed by atoms with E-state index in [1.54, 1.807) is 6.92 Å². The summed E-state index contributed by atoms with van der Waals surface area (Å²) < 4.78 is 35.7. The van der Waals surface area contributed by atoms with Gasteiger partial charge in [0.25, 0.3) is 0 Å². The van der Waals surface area contributed by atoms with Crippen LogP contribution in [0.5, 0.6) is 0 Å². The van der Waals surface area contributed by atoms with Crippen molar-refractivity contribution in [1.82, 2.24) is 9.46 Å². The average molecular weight is 302 g/mol. The van der Waals surface area contributed by atoms with Crippen molar-refractivity contribution in [2.45, 2.75) is 38.0 Å². The first-order valence-electron chi connectivity index (χ1n) is 6.60. The molecule has 7 nitrogen and oxygen atoms in total. The molecule has 0 saturated carbocycles. The van der Waals surface area contributed by atoms with Crippen molar-refractivity contribution < 1.29 is 22.5 Å². The summed E-state index contributed by atoms with van der Waals surface area (Å²) in [5.41, 5.74) is 0.332. The van der Waals surface area contributed by atoms with Gasteiger partial charge in [0.2, 0.25) is 10.0 Å². The van der Waals surface area contributed by atoms with Crippen molar-refractivity contribution in [3.8, 4) is 0 Å². The van der Waals surface area contributed by atoms with Gasteiger partial charge in [0.05, 0.1) is 12.3 Å². The van der Waals surface area contributed by atoms with Crippen molar-refractivity contribution in [2.75, 3.05) is 13.2 Å². The molecule has 0 amide bonds. The molecule has 20 heavy (non-hydrogen) atoms. The number of piperidine rings is 1. The largest absolute Gasteiger partial charge is 0.465 e. The minimum Gasteiger partial charge on any atom is -0.465 e. The quantitative estimate of drug-likeness (QED) is 0.751. The zero-order valence-corrected chi connectivity index (χ0v) is 12.1. The molecule has 1 aromatic rings. The predicted molar refractivity (Wildman–Crippen MR) is 70.1 cm³/mol. The van der Waals surface area contributed by atoms with Gasteiger partial charge in [0, 0.05) is 12.6 Å². The maximum atomic E-state index is 12.4. The van der Waals surface area contributed by atoms with Gasteiger partial charge >= 0.3 is 5.97 Å². The molecule has 1 aliphatic rings. The van der Waals surface area contributed by atoms with Gasteiger partial charge in [0.1, 0.15) is 18.1 Å². The molecule has 2 heterocycles. The molecule has 1 atom stereocenters. The van der Waals surface area contributed by atoms with Crippen LogP contribution in [0.15, 0.2) is 16.9 Å². The van der Waals surface area contributed by atoms with Crippen molar-refractivity contribution in [3.63, 3.8) is 0 Å². The third kappa shape index (κ3) is 3.37. The van der Waals surface area contributed by atoms with Gasteiger partial charge in [-0.15, -0.1) is 0 Å². The van der Waals surface area contributed by atoms with Gasteiger partial charge in [-0.1, -0.05) is 5.16 Å². The van der Waals surface area contributed by atoms with Crippen LogP contribution in [-0.2, 0) is 25.3 Å². The fraction of sp³-hybridized carbons (Fsp3) is 0.667. The van der Waals surface area contributed by atoms with Crippen LogP contribution in [0.3, 0.4) is 0 Å². The first kappa shape index (κ1) is 15.0. The Morgan fingerprint density at radius 3 is 3.00 bits per heavy atom. The molecule has 1 aromatic heterocycles. The highest BCUT2D eigenvalue weighted by Gasteiger charge is 2.37. The van der Waals surface area contributed by atoms with E-state index in [4.69, 9.17) is 4.74 Å². The van der Waals surface area contributed by atoms with Gasteiger partial charge in [0.15, 0.2) is 0 Å². The summed E-state index contributed by atoms with van der Waals surface area (Å²) >= 11 is 0. The summed E-state index contributed by atoms with van der Waals surface area (Å²) in [6.45, 7) is 2.28. The molecule has 1 saturated heterocycles. The Labute approximate surface area is 117 Å². The number of carbonyl (C=O) groups is 1. The Balaban J connectivity index is 2.16. The highest BCUT2D eigenvalue weighted by Crippen LogP contribution is 2.23. The fourth-order valence-corrected chi connectivity index (χ4v) is 3.97. The van der Waals surface area contributed by atoms with Gasteiger partial charge in [-0.3, -0.25) is 4.79 Å². The summed E-state index contributed by atoms with van der Waals surface area (Å²) in [4.78, 5) is 11.9. The van der Waals surface area contributed by atoms with E-state index >= 15 is 0 Å². The van der Waals surface area contributed by atoms with Crippen LogP contribution in [0.25, 0.3) is 0 Å². The number of hydrogen-bond donors (Lipinski definition) is 0. The Morgan fingerprint density at radius 2 is 2.35 bits per heavy atom. The molecule has 0 N–H and O–H groups in total. The number of hydrogen-bond acceptors (Lipinski definition) is 6. The third-order valence-corrected chi connectivity index (χ3v) is 5.00. The predicted octanol–water partition coefficient (Wildman–Crippen LogP) is 0.922. The van der Waals surface area contributed by atoms with Crippen LogP contribution < -0.4 is 0 Å². The summed E-state index contributed by atoms with van der Waals surface area (Å²) in [5, 5.41) is 3.61. The van der Waals surface area contributed by atoms with Crippen LogP contribution in [0.2, 0.25) is 0 Å². The zero-order chi connectivity index (χ0) is 14.6. The molecule has 2 rings (SSSR count). The number of aromatic nitrogens is 1. The number of esters is 1. The number of rotatable bonds is 5. The van der Waals surface area contributed by atoms with Crippen molar-refractivity contribution in [1.29, 1.82) is 0 Å². The Hall–Kier alpha value is -1.41. The summed E-state index contributed by atoms with van der Waals surface area (Å²) in [6, 6.07) is 0.779. The molecule has 1 aliphatic heterocycles. The van der Waals surface area contributed by atoms with Gasteiger partial charge in [-0.05, 0) is 26.2 Å². The van der Waals surface area contributed by atoms with Crippen LogP contribution >= 0.6 is 0 Å². The second kappa shape index (κ2) is 6.36. The first-order chi connectivity index (χ1) is 9.54. The standard InChI is InChI=1S/C12H18N2O5S/c1-2-18-12(15)11-5-3-4-7-14(11)20(16,17)9-10-6-8-19-13-10/h6,8,11H,2-5,7,9H2,1H3. The van der Waals surface area contributed by atoms with Crippen LogP contribution in [-0.4, -0.2) is 43.0 Å². The van der Waals surface area contributed by atoms with Crippen LogP contribution in [0.4, 0.5) is 0 Å². The molecular weight excluding hydrogens is 284 g/mol. The molecule has 112 valence electrons. The maximum Gasteiger partial charge on any atom is 0.324 e. The molecular formula is C12H18N2O5S. The minimum atomic E-state index is -3.61. The third-order valence-electron chi connectivity index (χ3n) is 3.19. The fourth-order valence-electron chi connectivity index (χ4n) is 2.29. The topological polar surface area (TPSA) is 89.7 Å². The van der Waals surface area contributed by atoms with Gasteiger partial charge in [-0.2, -0.15) is 4.31 Å². The van der Waals surface area contributed by atoms with Crippen LogP contribution in [0.1, 0.15) is 31.9 Å². The lowest BCUT2D eigenvalue weighted by Gasteiger charge is -2.32. The molecule has 8 heteroatoms. The number of nitrogens with zero attached hydrogens (tertiary/aromatic N) is 2. The normalized spacial score (nSPS) is 20.8. The maximum absolute atomic E-state index is 12.4. The second-order valence-electron chi connectivity index (χ2n) is 4.62. The van der Waals surface area contributed by atoms with E-state index in [1.807, 2.05) is 0 Å². The van der Waals surface area contributed by atoms with E-state index in [9.17, 15) is 13.2 Å². The minimum absolute atomic E-state index is 0.243. The van der Waals surface area contributed by atoms with Gasteiger partial charge in [-0.25, -0.2) is 8.42 Å². The molecule has 0 aliphatic carbocycles. The van der Waals surface area contributed by atoms with E-state index in [0.717, 1.165) is 12.8 Å². The number of carbonyl (C=O) groups excluding carboxylic acids is 1. The summed E-state index contributed by atoms with van der Waals surface area (Å²) in [7, 11) is -3.61. The molecule has 0 radical (unpaired) electrons. The highest BCUT2D eigenvalue weighted by atomic mass is 32.2. The van der Waals surface area contributed by atoms with E-state index in [0.29, 0.717) is 18.7 Å². The number of ether oxygens (including phenoxy) is 1. The van der Waals surface area contributed by atoms with Crippen molar-refractivity contribution >= 4 is 16.0 Å². The lowest BCUT2D eigenvalue weighted by Crippen LogP contribution is -2.48. The van der Waals surface area contributed by atoms with Gasteiger partial charge < -0.3 is 9.26 Å². The van der Waals surface area contributed by atoms with Crippen molar-refractivity contribution in [3.05, 3.63) is 18.0 Å². The van der Waals surface area contributed by atoms with Crippen molar-refractivity contribution in [2.24, 2.45) is 0 Å². The Kier molecular flexibility index (Phi) is 4.77. The lowest BCUT2D eigenvalue weighted by molar-refractivity contribution is -0.148. The van der Waals surface area contributed by atoms with E-state index in [1.165, 1.54) is 16.6 Å². The van der Waals surface area contributed by atoms with E-state index in [2.05, 4.69) is 9.68 Å². The lowest BCUT2D eigenvalue weighted by atomic mass is 10.1. The molecule has 0 bridgehead atoms. The monoisotopic (exact) mass is 302 g/mol. The molecule has 0 spiro atoms. The Morgan fingerprint density at radius 1 is 1.55 bits per heavy atom. The molecule has 1 unspecified atom stereocenters. The summed E-state index contributed by atoms with van der Waals surface area (Å²) in [6.07, 6.45) is 3.38. The highest BCUT2D eigenvalue weighted by molar-refractivity contribution is 7.88. The Bertz CT molecular complexity index is 540. The van der Waals surface area contributed by atoms with Crippen LogP contribution in [0, 0.1) is 0 Å². The summed E-state index contributed by atoms with van der Waals surface area (Å²) in [5.74, 6) is -0.740. The first-order valence-corrected chi connectivity index (χ1v) is 8.21. The zero-order valence-electron chi connectivity index (χ0n) is 11.3. The number of sulfonamides is 1. The van der Waals surface area contributed by atoms with E-state index < -0.39 is 22.0 Å². The smallest absolute Gasteiger partial charge is 0.324 e. The SMILES string of the molecule is CCOC(=O)C1CCCCN1S(=O)(=O)Cc1ccon1. The average Bonchev–Trinajstić information content (AvgIpc) is 2.91. The molecule has 1 fully saturated rings.